The number of hydrogen-bond donors (Lipinski definition) is 0. The predicted molar refractivity (Wildman–Crippen MR) is 113 cm³/mol. The number of thiophene rings is 1. The van der Waals surface area contributed by atoms with Crippen LogP contribution in [0.15, 0.2) is 28.4 Å². The summed E-state index contributed by atoms with van der Waals surface area (Å²) in [5.74, 6) is -0.453. The number of hydrogen-bond acceptors (Lipinski definition) is 8. The predicted octanol–water partition coefficient (Wildman–Crippen LogP) is 5.57. The lowest BCUT2D eigenvalue weighted by atomic mass is 10.1. The van der Waals surface area contributed by atoms with E-state index in [0.29, 0.717) is 39.7 Å². The zero-order valence-corrected chi connectivity index (χ0v) is 17.8. The van der Waals surface area contributed by atoms with E-state index >= 15 is 0 Å². The van der Waals surface area contributed by atoms with Gasteiger partial charge in [-0.2, -0.15) is 10.5 Å². The van der Waals surface area contributed by atoms with Crippen molar-refractivity contribution in [3.8, 4) is 12.1 Å². The number of benzene rings is 1. The van der Waals surface area contributed by atoms with Gasteiger partial charge < -0.3 is 9.64 Å². The molecule has 2 rings (SSSR count). The Morgan fingerprint density at radius 3 is 2.59 bits per heavy atom. The van der Waals surface area contributed by atoms with Crippen LogP contribution in [-0.4, -0.2) is 25.7 Å². The third-order valence-electron chi connectivity index (χ3n) is 4.37. The fourth-order valence-electron chi connectivity index (χ4n) is 2.79. The highest BCUT2D eigenvalue weighted by atomic mass is 32.1. The summed E-state index contributed by atoms with van der Waals surface area (Å²) in [6.07, 6.45) is 0.464. The van der Waals surface area contributed by atoms with Gasteiger partial charge in [0.1, 0.15) is 10.9 Å². The first kappa shape index (κ1) is 22.1. The minimum atomic E-state index is -0.453. The smallest absolute Gasteiger partial charge is 0.348 e. The summed E-state index contributed by atoms with van der Waals surface area (Å²) in [6, 6.07) is 10.1. The number of azo groups is 1. The number of rotatable bonds is 8. The second-order valence-corrected chi connectivity index (χ2v) is 7.23. The van der Waals surface area contributed by atoms with Gasteiger partial charge in [-0.1, -0.05) is 0 Å². The normalized spacial score (nSPS) is 10.6. The summed E-state index contributed by atoms with van der Waals surface area (Å²) < 4.78 is 5.04. The van der Waals surface area contributed by atoms with E-state index in [9.17, 15) is 10.1 Å². The Kier molecular flexibility index (Phi) is 7.88. The maximum absolute atomic E-state index is 12.1. The molecule has 0 aliphatic rings. The van der Waals surface area contributed by atoms with E-state index in [0.717, 1.165) is 29.1 Å². The monoisotopic (exact) mass is 409 g/mol. The van der Waals surface area contributed by atoms with Crippen molar-refractivity contribution in [2.45, 2.75) is 34.1 Å². The molecular formula is C21H23N5O2S. The second-order valence-electron chi connectivity index (χ2n) is 6.23. The maximum atomic E-state index is 12.1. The van der Waals surface area contributed by atoms with E-state index in [1.165, 1.54) is 0 Å². The molecule has 0 atom stereocenters. The molecule has 0 unspecified atom stereocenters. The highest BCUT2D eigenvalue weighted by Gasteiger charge is 2.21. The van der Waals surface area contributed by atoms with Crippen molar-refractivity contribution in [3.05, 3.63) is 39.8 Å². The van der Waals surface area contributed by atoms with Crippen LogP contribution in [0.4, 0.5) is 16.4 Å². The van der Waals surface area contributed by atoms with E-state index in [4.69, 9.17) is 10.00 Å². The fraction of sp³-hybridized carbons (Fsp3) is 0.381. The number of ether oxygens (including phenoxy) is 1. The molecule has 1 heterocycles. The Morgan fingerprint density at radius 1 is 1.24 bits per heavy atom. The van der Waals surface area contributed by atoms with Gasteiger partial charge in [-0.15, -0.1) is 21.6 Å². The lowest BCUT2D eigenvalue weighted by Crippen LogP contribution is -2.23. The molecule has 0 radical (unpaired) electrons. The Bertz CT molecular complexity index is 998. The van der Waals surface area contributed by atoms with E-state index in [1.54, 1.807) is 13.8 Å². The van der Waals surface area contributed by atoms with Crippen LogP contribution in [0, 0.1) is 36.5 Å². The molecule has 1 aromatic heterocycles. The molecule has 29 heavy (non-hydrogen) atoms. The summed E-state index contributed by atoms with van der Waals surface area (Å²) in [5, 5.41) is 27.2. The number of carbonyl (C=O) groups excluding carboxylic acids is 1. The molecule has 150 valence electrons. The van der Waals surface area contributed by atoms with Gasteiger partial charge in [0.25, 0.3) is 0 Å². The standard InChI is InChI=1S/C21H23N5O2S/c1-5-26(11-7-10-22)16-8-9-18(14(3)12-16)24-25-20-17(13-23)15(4)19(29-20)21(27)28-6-2/h8-9,12H,5-7,11H2,1-4H3. The van der Waals surface area contributed by atoms with Crippen LogP contribution in [0.5, 0.6) is 0 Å². The Balaban J connectivity index is 2.30. The highest BCUT2D eigenvalue weighted by molar-refractivity contribution is 7.18. The zero-order chi connectivity index (χ0) is 21.4. The van der Waals surface area contributed by atoms with Crippen molar-refractivity contribution in [1.29, 1.82) is 10.5 Å². The fourth-order valence-corrected chi connectivity index (χ4v) is 3.77. The van der Waals surface area contributed by atoms with Gasteiger partial charge in [-0.25, -0.2) is 4.79 Å². The lowest BCUT2D eigenvalue weighted by molar-refractivity contribution is 0.0531. The number of anilines is 1. The van der Waals surface area contributed by atoms with Crippen LogP contribution in [0.3, 0.4) is 0 Å². The van der Waals surface area contributed by atoms with Gasteiger partial charge in [0, 0.05) is 18.8 Å². The Morgan fingerprint density at radius 2 is 2.00 bits per heavy atom. The molecule has 0 bridgehead atoms. The Labute approximate surface area is 174 Å². The van der Waals surface area contributed by atoms with Gasteiger partial charge in [-0.05, 0) is 57.0 Å². The van der Waals surface area contributed by atoms with Crippen molar-refractivity contribution < 1.29 is 9.53 Å². The van der Waals surface area contributed by atoms with Crippen LogP contribution in [0.2, 0.25) is 0 Å². The van der Waals surface area contributed by atoms with Crippen LogP contribution < -0.4 is 4.90 Å². The third kappa shape index (κ3) is 5.18. The molecule has 0 aliphatic heterocycles. The van der Waals surface area contributed by atoms with Crippen LogP contribution in [0.1, 0.15) is 46.6 Å². The SMILES string of the molecule is CCOC(=O)c1sc(N=Nc2ccc(N(CC)CCC#N)cc2C)c(C#N)c1C. The minimum absolute atomic E-state index is 0.267. The van der Waals surface area contributed by atoms with Crippen LogP contribution in [0.25, 0.3) is 0 Å². The van der Waals surface area contributed by atoms with Crippen molar-refractivity contribution in [1.82, 2.24) is 0 Å². The molecule has 0 fully saturated rings. The first-order chi connectivity index (χ1) is 14.0. The zero-order valence-electron chi connectivity index (χ0n) is 17.0. The summed E-state index contributed by atoms with van der Waals surface area (Å²) in [6.45, 7) is 9.17. The summed E-state index contributed by atoms with van der Waals surface area (Å²) in [7, 11) is 0. The lowest BCUT2D eigenvalue weighted by Gasteiger charge is -2.22. The maximum Gasteiger partial charge on any atom is 0.348 e. The average molecular weight is 410 g/mol. The first-order valence-corrected chi connectivity index (χ1v) is 10.1. The van der Waals surface area contributed by atoms with Crippen molar-refractivity contribution in [3.63, 3.8) is 0 Å². The molecule has 0 saturated heterocycles. The number of esters is 1. The van der Waals surface area contributed by atoms with Crippen LogP contribution >= 0.6 is 11.3 Å². The quantitative estimate of drug-likeness (QED) is 0.419. The summed E-state index contributed by atoms with van der Waals surface area (Å²) in [5.41, 5.74) is 3.53. The molecule has 1 aromatic carbocycles. The van der Waals surface area contributed by atoms with Gasteiger partial charge in [0.15, 0.2) is 5.00 Å². The molecule has 8 heteroatoms. The molecule has 0 amide bonds. The van der Waals surface area contributed by atoms with Crippen LogP contribution in [-0.2, 0) is 4.74 Å². The van der Waals surface area contributed by atoms with Gasteiger partial charge in [0.2, 0.25) is 0 Å². The van der Waals surface area contributed by atoms with Crippen molar-refractivity contribution in [2.75, 3.05) is 24.6 Å². The van der Waals surface area contributed by atoms with Crippen molar-refractivity contribution >= 4 is 33.7 Å². The molecule has 7 nitrogen and oxygen atoms in total. The number of nitrogens with zero attached hydrogens (tertiary/aromatic N) is 5. The van der Waals surface area contributed by atoms with E-state index < -0.39 is 5.97 Å². The molecular weight excluding hydrogens is 386 g/mol. The highest BCUT2D eigenvalue weighted by Crippen LogP contribution is 2.37. The largest absolute Gasteiger partial charge is 0.462 e. The van der Waals surface area contributed by atoms with Gasteiger partial charge in [-0.3, -0.25) is 0 Å². The van der Waals surface area contributed by atoms with E-state index in [1.807, 2.05) is 32.0 Å². The summed E-state index contributed by atoms with van der Waals surface area (Å²) >= 11 is 1.11. The topological polar surface area (TPSA) is 102 Å². The van der Waals surface area contributed by atoms with E-state index in [2.05, 4.69) is 27.3 Å². The minimum Gasteiger partial charge on any atom is -0.462 e. The number of carbonyl (C=O) groups is 1. The first-order valence-electron chi connectivity index (χ1n) is 9.31. The second kappa shape index (κ2) is 10.4. The summed E-state index contributed by atoms with van der Waals surface area (Å²) in [4.78, 5) is 14.6. The van der Waals surface area contributed by atoms with Gasteiger partial charge in [0.05, 0.1) is 30.3 Å². The molecule has 0 spiro atoms. The molecule has 2 aromatic rings. The molecule has 0 saturated carbocycles. The van der Waals surface area contributed by atoms with Gasteiger partial charge >= 0.3 is 5.97 Å². The van der Waals surface area contributed by atoms with Crippen molar-refractivity contribution in [2.24, 2.45) is 10.2 Å². The number of nitriles is 2. The molecule has 0 N–H and O–H groups in total. The Hall–Kier alpha value is -3.23. The van der Waals surface area contributed by atoms with E-state index in [-0.39, 0.29) is 6.61 Å². The molecule has 0 aliphatic carbocycles. The average Bonchev–Trinajstić information content (AvgIpc) is 3.03. The third-order valence-corrected chi connectivity index (χ3v) is 5.53. The number of aryl methyl sites for hydroxylation is 1.